The van der Waals surface area contributed by atoms with Crippen molar-refractivity contribution in [2.24, 2.45) is 0 Å². The van der Waals surface area contributed by atoms with Gasteiger partial charge in [-0.15, -0.1) is 0 Å². The number of nitrogens with zero attached hydrogens (tertiary/aromatic N) is 4. The molecule has 182 valence electrons. The van der Waals surface area contributed by atoms with Gasteiger partial charge in [-0.05, 0) is 90.9 Å². The molecule has 0 fully saturated rings. The molecule has 2 N–H and O–H groups in total. The number of fused-ring (bicyclic) bond motifs is 3. The number of aromatic nitrogens is 3. The molecule has 1 atom stereocenters. The molecule has 2 heterocycles. The number of nitrogens with one attached hydrogen (secondary N) is 1. The minimum absolute atomic E-state index is 0.0000396. The minimum atomic E-state index is -0.250. The lowest BCUT2D eigenvalue weighted by Gasteiger charge is -2.35. The van der Waals surface area contributed by atoms with Gasteiger partial charge in [0.15, 0.2) is 0 Å². The number of H-pyrrole nitrogens is 1. The fourth-order valence-electron chi connectivity index (χ4n) is 4.79. The molecule has 0 bridgehead atoms. The average Bonchev–Trinajstić information content (AvgIpc) is 3.14. The van der Waals surface area contributed by atoms with E-state index >= 15 is 0 Å². The Labute approximate surface area is 201 Å². The number of carbonyl (C=O) groups excluding carboxylic acids is 1. The van der Waals surface area contributed by atoms with Gasteiger partial charge in [0.2, 0.25) is 0 Å². The number of carboxylic acid groups (broad SMARTS) is 1. The molecule has 1 aromatic carbocycles. The van der Waals surface area contributed by atoms with Crippen LogP contribution in [0.5, 0.6) is 0 Å². The molecule has 1 aliphatic rings. The molecular weight excluding hydrogens is 430 g/mol. The Hall–Kier alpha value is -3.26. The second kappa shape index (κ2) is 11.2. The summed E-state index contributed by atoms with van der Waals surface area (Å²) in [5.74, 6) is 0.641. The maximum Gasteiger partial charge on any atom is 0.290 e. The van der Waals surface area contributed by atoms with Crippen molar-refractivity contribution in [2.45, 2.75) is 52.5 Å². The van der Waals surface area contributed by atoms with E-state index in [9.17, 15) is 4.79 Å². The molecule has 8 heteroatoms. The van der Waals surface area contributed by atoms with E-state index < -0.39 is 0 Å². The van der Waals surface area contributed by atoms with E-state index in [4.69, 9.17) is 9.90 Å². The van der Waals surface area contributed by atoms with Crippen molar-refractivity contribution in [3.8, 4) is 0 Å². The summed E-state index contributed by atoms with van der Waals surface area (Å²) >= 11 is 0. The molecule has 0 saturated carbocycles. The summed E-state index contributed by atoms with van der Waals surface area (Å²) in [6, 6.07) is 8.43. The first-order valence-corrected chi connectivity index (χ1v) is 11.7. The summed E-state index contributed by atoms with van der Waals surface area (Å²) in [6.07, 6.45) is 4.03. The van der Waals surface area contributed by atoms with Crippen LogP contribution in [0.1, 0.15) is 64.1 Å². The first-order valence-electron chi connectivity index (χ1n) is 11.7. The number of hydrogen-bond acceptors (Lipinski definition) is 5. The summed E-state index contributed by atoms with van der Waals surface area (Å²) in [5.41, 5.74) is 6.32. The molecule has 3 aromatic rings. The standard InChI is InChI=1S/C25H33N5O.CH2O2/c1-16-10-11-21-20(14-16)19-8-6-9-23(24(19)28-21)30(13-7-12-29(4)5)25(31)22-15-17(2)26-18(3)27-22;2-1-3/h10-11,14-15,23,28H,6-9,12-13H2,1-5H3;1H,(H,2,3). The fraction of sp³-hybridized carbons (Fsp3) is 0.462. The number of rotatable bonds is 6. The maximum atomic E-state index is 13.7. The van der Waals surface area contributed by atoms with Crippen molar-refractivity contribution >= 4 is 23.3 Å². The smallest absolute Gasteiger partial charge is 0.290 e. The number of hydrogen-bond donors (Lipinski definition) is 2. The van der Waals surface area contributed by atoms with Crippen LogP contribution < -0.4 is 0 Å². The highest BCUT2D eigenvalue weighted by atomic mass is 16.3. The molecule has 0 radical (unpaired) electrons. The normalized spacial score (nSPS) is 14.9. The molecule has 1 amide bonds. The van der Waals surface area contributed by atoms with Gasteiger partial charge in [-0.3, -0.25) is 9.59 Å². The molecular formula is C26H35N5O3. The third-order valence-corrected chi connectivity index (χ3v) is 6.16. The Morgan fingerprint density at radius 3 is 2.59 bits per heavy atom. The lowest BCUT2D eigenvalue weighted by atomic mass is 9.90. The van der Waals surface area contributed by atoms with Gasteiger partial charge in [0.05, 0.1) is 6.04 Å². The van der Waals surface area contributed by atoms with Crippen molar-refractivity contribution in [3.05, 3.63) is 58.3 Å². The molecule has 0 spiro atoms. The molecule has 8 nitrogen and oxygen atoms in total. The lowest BCUT2D eigenvalue weighted by molar-refractivity contribution is -0.122. The van der Waals surface area contributed by atoms with Gasteiger partial charge in [-0.1, -0.05) is 11.6 Å². The Morgan fingerprint density at radius 1 is 1.18 bits per heavy atom. The van der Waals surface area contributed by atoms with E-state index in [2.05, 4.69) is 59.1 Å². The zero-order valence-electron chi connectivity index (χ0n) is 20.8. The third kappa shape index (κ3) is 5.80. The van der Waals surface area contributed by atoms with Gasteiger partial charge in [0, 0.05) is 28.8 Å². The van der Waals surface area contributed by atoms with Crippen LogP contribution in [0, 0.1) is 20.8 Å². The van der Waals surface area contributed by atoms with Crippen molar-refractivity contribution in [2.75, 3.05) is 27.2 Å². The number of aromatic amines is 1. The van der Waals surface area contributed by atoms with Crippen LogP contribution in [-0.2, 0) is 11.2 Å². The average molecular weight is 466 g/mol. The summed E-state index contributed by atoms with van der Waals surface area (Å²) in [6.45, 7) is 7.30. The van der Waals surface area contributed by atoms with Crippen LogP contribution >= 0.6 is 0 Å². The van der Waals surface area contributed by atoms with Crippen molar-refractivity contribution in [1.29, 1.82) is 0 Å². The first-order chi connectivity index (χ1) is 16.2. The number of aryl methyl sites for hydroxylation is 4. The van der Waals surface area contributed by atoms with Crippen molar-refractivity contribution in [1.82, 2.24) is 24.8 Å². The summed E-state index contributed by atoms with van der Waals surface area (Å²) in [4.78, 5) is 38.8. The van der Waals surface area contributed by atoms with E-state index in [1.807, 2.05) is 24.8 Å². The van der Waals surface area contributed by atoms with Crippen LogP contribution in [0.3, 0.4) is 0 Å². The van der Waals surface area contributed by atoms with Gasteiger partial charge in [-0.25, -0.2) is 9.97 Å². The highest BCUT2D eigenvalue weighted by molar-refractivity contribution is 5.93. The summed E-state index contributed by atoms with van der Waals surface area (Å²) in [5, 5.41) is 8.19. The van der Waals surface area contributed by atoms with E-state index in [0.717, 1.165) is 43.4 Å². The van der Waals surface area contributed by atoms with Crippen LogP contribution in [0.15, 0.2) is 24.3 Å². The quantitative estimate of drug-likeness (QED) is 0.533. The topological polar surface area (TPSA) is 102 Å². The predicted molar refractivity (Wildman–Crippen MR) is 133 cm³/mol. The highest BCUT2D eigenvalue weighted by Gasteiger charge is 2.32. The zero-order chi connectivity index (χ0) is 24.8. The Morgan fingerprint density at radius 2 is 1.91 bits per heavy atom. The van der Waals surface area contributed by atoms with Crippen LogP contribution in [0.2, 0.25) is 0 Å². The zero-order valence-corrected chi connectivity index (χ0v) is 20.8. The maximum absolute atomic E-state index is 13.7. The number of benzene rings is 1. The van der Waals surface area contributed by atoms with E-state index in [1.165, 1.54) is 22.2 Å². The molecule has 0 saturated heterocycles. The Kier molecular flexibility index (Phi) is 8.39. The minimum Gasteiger partial charge on any atom is -0.483 e. The van der Waals surface area contributed by atoms with Gasteiger partial charge < -0.3 is 19.9 Å². The molecule has 0 aliphatic heterocycles. The monoisotopic (exact) mass is 465 g/mol. The second-order valence-corrected chi connectivity index (χ2v) is 9.18. The third-order valence-electron chi connectivity index (χ3n) is 6.16. The SMILES string of the molecule is Cc1ccc2[nH]c3c(c2c1)CCCC3N(CCCN(C)C)C(=O)c1cc(C)nc(C)n1.O=CO. The van der Waals surface area contributed by atoms with Crippen molar-refractivity contribution in [3.63, 3.8) is 0 Å². The van der Waals surface area contributed by atoms with Gasteiger partial charge >= 0.3 is 0 Å². The van der Waals surface area contributed by atoms with Crippen LogP contribution in [0.4, 0.5) is 0 Å². The second-order valence-electron chi connectivity index (χ2n) is 9.18. The van der Waals surface area contributed by atoms with Gasteiger partial charge in [-0.2, -0.15) is 0 Å². The van der Waals surface area contributed by atoms with Gasteiger partial charge in [0.1, 0.15) is 11.5 Å². The fourth-order valence-corrected chi connectivity index (χ4v) is 4.79. The van der Waals surface area contributed by atoms with E-state index in [1.54, 1.807) is 0 Å². The van der Waals surface area contributed by atoms with Crippen LogP contribution in [-0.4, -0.2) is 69.4 Å². The Bertz CT molecular complexity index is 1130. The summed E-state index contributed by atoms with van der Waals surface area (Å²) in [7, 11) is 4.14. The van der Waals surface area contributed by atoms with E-state index in [0.29, 0.717) is 18.1 Å². The predicted octanol–water partition coefficient (Wildman–Crippen LogP) is 4.06. The largest absolute Gasteiger partial charge is 0.483 e. The van der Waals surface area contributed by atoms with E-state index in [-0.39, 0.29) is 18.4 Å². The van der Waals surface area contributed by atoms with Crippen LogP contribution in [0.25, 0.3) is 10.9 Å². The molecule has 4 rings (SSSR count). The number of amides is 1. The molecule has 34 heavy (non-hydrogen) atoms. The Balaban J connectivity index is 0.00000103. The summed E-state index contributed by atoms with van der Waals surface area (Å²) < 4.78 is 0. The van der Waals surface area contributed by atoms with Gasteiger partial charge in [0.25, 0.3) is 12.4 Å². The highest BCUT2D eigenvalue weighted by Crippen LogP contribution is 2.39. The first kappa shape index (κ1) is 25.4. The molecule has 1 unspecified atom stereocenters. The number of carbonyl (C=O) groups is 2. The molecule has 1 aliphatic carbocycles. The molecule has 2 aromatic heterocycles. The van der Waals surface area contributed by atoms with Crippen molar-refractivity contribution < 1.29 is 14.7 Å². The lowest BCUT2D eigenvalue weighted by Crippen LogP contribution is -2.39.